The summed E-state index contributed by atoms with van der Waals surface area (Å²) in [6.45, 7) is 3.09. The fourth-order valence-corrected chi connectivity index (χ4v) is 3.50. The molecule has 1 saturated heterocycles. The average Bonchev–Trinajstić information content (AvgIpc) is 3.20. The van der Waals surface area contributed by atoms with Gasteiger partial charge in [0.2, 0.25) is 5.91 Å². The molecule has 1 N–H and O–H groups in total. The molecule has 23 heavy (non-hydrogen) atoms. The van der Waals surface area contributed by atoms with E-state index in [4.69, 9.17) is 4.98 Å². The van der Waals surface area contributed by atoms with Crippen molar-refractivity contribution in [2.75, 3.05) is 6.54 Å². The molecular formula is C19H27N3O. The molecule has 4 nitrogen and oxygen atoms in total. The summed E-state index contributed by atoms with van der Waals surface area (Å²) in [5, 5.41) is 0. The summed E-state index contributed by atoms with van der Waals surface area (Å²) < 4.78 is 0. The van der Waals surface area contributed by atoms with Crippen molar-refractivity contribution < 1.29 is 4.79 Å². The predicted molar refractivity (Wildman–Crippen MR) is 93.2 cm³/mol. The fraction of sp³-hybridized carbons (Fsp3) is 0.579. The van der Waals surface area contributed by atoms with Crippen molar-refractivity contribution in [1.29, 1.82) is 0 Å². The van der Waals surface area contributed by atoms with E-state index in [1.165, 1.54) is 25.7 Å². The predicted octanol–water partition coefficient (Wildman–Crippen LogP) is 4.59. The van der Waals surface area contributed by atoms with E-state index >= 15 is 0 Å². The summed E-state index contributed by atoms with van der Waals surface area (Å²) in [7, 11) is 0. The van der Waals surface area contributed by atoms with Gasteiger partial charge in [0.1, 0.15) is 5.82 Å². The number of H-pyrrole nitrogens is 1. The second-order valence-corrected chi connectivity index (χ2v) is 6.55. The van der Waals surface area contributed by atoms with Crippen LogP contribution in [0.5, 0.6) is 0 Å². The van der Waals surface area contributed by atoms with E-state index in [2.05, 4.69) is 11.9 Å². The highest BCUT2D eigenvalue weighted by molar-refractivity contribution is 5.78. The number of hydrogen-bond acceptors (Lipinski definition) is 2. The van der Waals surface area contributed by atoms with Crippen LogP contribution in [0.2, 0.25) is 0 Å². The molecule has 1 aliphatic rings. The van der Waals surface area contributed by atoms with Crippen LogP contribution in [0, 0.1) is 0 Å². The highest BCUT2D eigenvalue weighted by Gasteiger charge is 2.31. The van der Waals surface area contributed by atoms with Crippen LogP contribution in [0.4, 0.5) is 0 Å². The van der Waals surface area contributed by atoms with Crippen LogP contribution in [0.1, 0.15) is 70.2 Å². The van der Waals surface area contributed by atoms with E-state index in [0.29, 0.717) is 12.3 Å². The first-order valence-electron chi connectivity index (χ1n) is 9.03. The van der Waals surface area contributed by atoms with Crippen molar-refractivity contribution in [3.05, 3.63) is 30.1 Å². The second kappa shape index (κ2) is 7.62. The van der Waals surface area contributed by atoms with Crippen molar-refractivity contribution in [2.24, 2.45) is 0 Å². The standard InChI is InChI=1S/C19H27N3O/c1-2-3-4-5-6-13-18(23)22-14-9-12-17(22)19-20-15-10-7-8-11-16(15)21-19/h7-8,10-11,17H,2-6,9,12-14H2,1H3,(H,20,21). The van der Waals surface area contributed by atoms with E-state index < -0.39 is 0 Å². The molecule has 1 fully saturated rings. The Labute approximate surface area is 138 Å². The Morgan fingerprint density at radius 3 is 2.91 bits per heavy atom. The van der Waals surface area contributed by atoms with Gasteiger partial charge in [-0.15, -0.1) is 0 Å². The topological polar surface area (TPSA) is 49.0 Å². The first-order valence-corrected chi connectivity index (χ1v) is 9.03. The van der Waals surface area contributed by atoms with Crippen LogP contribution in [-0.4, -0.2) is 27.3 Å². The van der Waals surface area contributed by atoms with Gasteiger partial charge >= 0.3 is 0 Å². The van der Waals surface area contributed by atoms with E-state index in [1.54, 1.807) is 0 Å². The molecule has 1 aliphatic heterocycles. The number of nitrogens with one attached hydrogen (secondary N) is 1. The molecule has 124 valence electrons. The Morgan fingerprint density at radius 1 is 1.26 bits per heavy atom. The molecule has 0 radical (unpaired) electrons. The molecule has 0 spiro atoms. The molecule has 2 heterocycles. The minimum atomic E-state index is 0.130. The van der Waals surface area contributed by atoms with Gasteiger partial charge < -0.3 is 9.88 Å². The zero-order valence-corrected chi connectivity index (χ0v) is 14.1. The maximum absolute atomic E-state index is 12.6. The normalized spacial score (nSPS) is 18.0. The number of likely N-dealkylation sites (tertiary alicyclic amines) is 1. The maximum atomic E-state index is 12.6. The smallest absolute Gasteiger partial charge is 0.223 e. The van der Waals surface area contributed by atoms with Gasteiger partial charge in [-0.05, 0) is 31.4 Å². The van der Waals surface area contributed by atoms with E-state index in [0.717, 1.165) is 42.7 Å². The first kappa shape index (κ1) is 16.0. The summed E-state index contributed by atoms with van der Waals surface area (Å²) in [5.74, 6) is 1.24. The number of para-hydroxylation sites is 2. The van der Waals surface area contributed by atoms with Gasteiger partial charge in [-0.1, -0.05) is 44.7 Å². The summed E-state index contributed by atoms with van der Waals surface area (Å²) in [6, 6.07) is 8.20. The van der Waals surface area contributed by atoms with Gasteiger partial charge in [0.15, 0.2) is 0 Å². The van der Waals surface area contributed by atoms with Crippen LogP contribution in [-0.2, 0) is 4.79 Å². The molecule has 0 bridgehead atoms. The minimum absolute atomic E-state index is 0.130. The zero-order valence-electron chi connectivity index (χ0n) is 14.1. The Kier molecular flexibility index (Phi) is 5.31. The molecule has 1 unspecified atom stereocenters. The Morgan fingerprint density at radius 2 is 2.09 bits per heavy atom. The summed E-state index contributed by atoms with van der Waals surface area (Å²) in [6.07, 6.45) is 8.72. The van der Waals surface area contributed by atoms with E-state index in [-0.39, 0.29) is 6.04 Å². The Bertz CT molecular complexity index is 616. The number of nitrogens with zero attached hydrogens (tertiary/aromatic N) is 2. The quantitative estimate of drug-likeness (QED) is 0.760. The van der Waals surface area contributed by atoms with Crippen molar-refractivity contribution in [3.63, 3.8) is 0 Å². The molecule has 0 saturated carbocycles. The molecule has 4 heteroatoms. The zero-order chi connectivity index (χ0) is 16.1. The number of carbonyl (C=O) groups is 1. The molecule has 1 aromatic heterocycles. The van der Waals surface area contributed by atoms with Crippen LogP contribution >= 0.6 is 0 Å². The van der Waals surface area contributed by atoms with Crippen LogP contribution < -0.4 is 0 Å². The highest BCUT2D eigenvalue weighted by atomic mass is 16.2. The lowest BCUT2D eigenvalue weighted by atomic mass is 10.1. The molecule has 3 rings (SSSR count). The van der Waals surface area contributed by atoms with Gasteiger partial charge in [0, 0.05) is 13.0 Å². The number of hydrogen-bond donors (Lipinski definition) is 1. The van der Waals surface area contributed by atoms with Crippen LogP contribution in [0.15, 0.2) is 24.3 Å². The summed E-state index contributed by atoms with van der Waals surface area (Å²) in [5.41, 5.74) is 2.04. The minimum Gasteiger partial charge on any atom is -0.340 e. The summed E-state index contributed by atoms with van der Waals surface area (Å²) >= 11 is 0. The number of carbonyl (C=O) groups excluding carboxylic acids is 1. The maximum Gasteiger partial charge on any atom is 0.223 e. The first-order chi connectivity index (χ1) is 11.3. The lowest BCUT2D eigenvalue weighted by Gasteiger charge is -2.23. The number of aromatic nitrogens is 2. The Balaban J connectivity index is 1.61. The number of aromatic amines is 1. The van der Waals surface area contributed by atoms with E-state index in [1.807, 2.05) is 29.2 Å². The largest absolute Gasteiger partial charge is 0.340 e. The third-order valence-electron chi connectivity index (χ3n) is 4.79. The molecule has 1 aromatic carbocycles. The van der Waals surface area contributed by atoms with Crippen LogP contribution in [0.3, 0.4) is 0 Å². The van der Waals surface area contributed by atoms with Crippen molar-refractivity contribution in [1.82, 2.24) is 14.9 Å². The molecule has 1 atom stereocenters. The molecule has 2 aromatic rings. The SMILES string of the molecule is CCCCCCCC(=O)N1CCCC1c1nc2ccccc2[nH]1. The number of benzene rings is 1. The number of imidazole rings is 1. The molecule has 0 aliphatic carbocycles. The summed E-state index contributed by atoms with van der Waals surface area (Å²) in [4.78, 5) is 22.7. The highest BCUT2D eigenvalue weighted by Crippen LogP contribution is 2.32. The lowest BCUT2D eigenvalue weighted by Crippen LogP contribution is -2.30. The second-order valence-electron chi connectivity index (χ2n) is 6.55. The third-order valence-corrected chi connectivity index (χ3v) is 4.79. The van der Waals surface area contributed by atoms with Gasteiger partial charge in [0.05, 0.1) is 17.1 Å². The number of rotatable bonds is 7. The lowest BCUT2D eigenvalue weighted by molar-refractivity contribution is -0.132. The number of fused-ring (bicyclic) bond motifs is 1. The average molecular weight is 313 g/mol. The Hall–Kier alpha value is -1.84. The van der Waals surface area contributed by atoms with Crippen molar-refractivity contribution >= 4 is 16.9 Å². The van der Waals surface area contributed by atoms with Gasteiger partial charge in [-0.25, -0.2) is 4.98 Å². The van der Waals surface area contributed by atoms with E-state index in [9.17, 15) is 4.79 Å². The fourth-order valence-electron chi connectivity index (χ4n) is 3.50. The van der Waals surface area contributed by atoms with Crippen molar-refractivity contribution in [3.8, 4) is 0 Å². The molecular weight excluding hydrogens is 286 g/mol. The number of amides is 1. The monoisotopic (exact) mass is 313 g/mol. The van der Waals surface area contributed by atoms with Gasteiger partial charge in [0.25, 0.3) is 0 Å². The van der Waals surface area contributed by atoms with Crippen LogP contribution in [0.25, 0.3) is 11.0 Å². The third kappa shape index (κ3) is 3.74. The number of unbranched alkanes of at least 4 members (excludes halogenated alkanes) is 4. The van der Waals surface area contributed by atoms with Gasteiger partial charge in [-0.2, -0.15) is 0 Å². The van der Waals surface area contributed by atoms with Crippen molar-refractivity contribution in [2.45, 2.75) is 64.3 Å². The van der Waals surface area contributed by atoms with Gasteiger partial charge in [-0.3, -0.25) is 4.79 Å². The molecule has 1 amide bonds.